The molecule has 5 heteroatoms. The molecule has 0 aromatic heterocycles. The van der Waals surface area contributed by atoms with Crippen molar-refractivity contribution in [1.29, 1.82) is 0 Å². The normalized spacial score (nSPS) is 7.12. The zero-order valence-corrected chi connectivity index (χ0v) is 6.54. The summed E-state index contributed by atoms with van der Waals surface area (Å²) in [6, 6.07) is 0. The second kappa shape index (κ2) is 7.49. The van der Waals surface area contributed by atoms with Crippen molar-refractivity contribution in [2.45, 2.75) is 0 Å². The number of ether oxygens (including phenoxy) is 1. The zero-order valence-electron chi connectivity index (χ0n) is 6.33. The largest absolute Gasteiger partial charge is 2.00 e. The molecule has 0 rings (SSSR count). The second-order valence-electron chi connectivity index (χ2n) is 0.838. The maximum absolute atomic E-state index is 9.42. The van der Waals surface area contributed by atoms with Crippen LogP contribution in [-0.2, 0) is 4.74 Å². The summed E-state index contributed by atoms with van der Waals surface area (Å²) in [5.74, 6) is 0. The van der Waals surface area contributed by atoms with Crippen molar-refractivity contribution in [2.75, 3.05) is 13.2 Å². The Morgan fingerprint density at radius 2 is 2.25 bits per heavy atom. The number of hydrogen-bond donors (Lipinski definition) is 2. The Morgan fingerprint density at radius 1 is 1.75 bits per heavy atom. The van der Waals surface area contributed by atoms with E-state index in [0.717, 1.165) is 0 Å². The first-order valence-electron chi connectivity index (χ1n) is 1.74. The van der Waals surface area contributed by atoms with E-state index in [1.807, 2.05) is 0 Å². The molecular formula is C3H8CaO4. The van der Waals surface area contributed by atoms with E-state index in [2.05, 4.69) is 4.74 Å². The molecule has 0 heterocycles. The monoisotopic (exact) mass is 148 g/mol. The van der Waals surface area contributed by atoms with Crippen molar-refractivity contribution in [3.8, 4) is 0 Å². The third-order valence-electron chi connectivity index (χ3n) is 0.317. The van der Waals surface area contributed by atoms with Gasteiger partial charge in [-0.3, -0.25) is 0 Å². The fraction of sp³-hybridized carbons (Fsp3) is 0.667. The standard InChI is InChI=1S/C3H6O4.Ca.2H/c4-1-2-7-3(5)6;;;/h4H,1-2H2,(H,5,6);;;/q;+2;2*-1. The molecule has 0 fully saturated rings. The summed E-state index contributed by atoms with van der Waals surface area (Å²) in [5, 5.41) is 15.6. The summed E-state index contributed by atoms with van der Waals surface area (Å²) in [6.07, 6.45) is -1.35. The average Bonchev–Trinajstić information content (AvgIpc) is 1.61. The second-order valence-corrected chi connectivity index (χ2v) is 0.838. The Balaban J connectivity index is -0.0000000600. The van der Waals surface area contributed by atoms with Crippen LogP contribution in [0.5, 0.6) is 0 Å². The molecule has 0 amide bonds. The van der Waals surface area contributed by atoms with Crippen LogP contribution in [0.3, 0.4) is 0 Å². The van der Waals surface area contributed by atoms with Gasteiger partial charge in [-0.1, -0.05) is 0 Å². The van der Waals surface area contributed by atoms with Gasteiger partial charge in [-0.25, -0.2) is 4.79 Å². The first-order valence-corrected chi connectivity index (χ1v) is 1.74. The molecule has 0 aromatic carbocycles. The Bertz CT molecular complexity index is 71.5. The summed E-state index contributed by atoms with van der Waals surface area (Å²) in [6.45, 7) is -0.401. The SMILES string of the molecule is O=C(O)OCCO.[Ca+2].[H-].[H-]. The maximum Gasteiger partial charge on any atom is 2.00 e. The molecule has 8 heavy (non-hydrogen) atoms. The van der Waals surface area contributed by atoms with E-state index in [0.29, 0.717) is 0 Å². The fourth-order valence-electron chi connectivity index (χ4n) is 0.133. The first kappa shape index (κ1) is 11.3. The molecule has 0 radical (unpaired) electrons. The van der Waals surface area contributed by atoms with Gasteiger partial charge in [0.05, 0.1) is 6.61 Å². The van der Waals surface area contributed by atoms with Crippen LogP contribution in [-0.4, -0.2) is 67.3 Å². The van der Waals surface area contributed by atoms with Crippen molar-refractivity contribution in [3.63, 3.8) is 0 Å². The molecule has 0 spiro atoms. The van der Waals surface area contributed by atoms with E-state index in [1.54, 1.807) is 0 Å². The molecule has 46 valence electrons. The Labute approximate surface area is 79.4 Å². The Hall–Kier alpha value is 0.490. The summed E-state index contributed by atoms with van der Waals surface area (Å²) in [5.41, 5.74) is 0. The van der Waals surface area contributed by atoms with Crippen molar-refractivity contribution in [3.05, 3.63) is 0 Å². The van der Waals surface area contributed by atoms with Crippen molar-refractivity contribution >= 4 is 43.9 Å². The van der Waals surface area contributed by atoms with Gasteiger partial charge in [-0.05, 0) is 0 Å². The van der Waals surface area contributed by atoms with Gasteiger partial charge in [0.1, 0.15) is 6.61 Å². The minimum atomic E-state index is -1.35. The van der Waals surface area contributed by atoms with Gasteiger partial charge in [0.25, 0.3) is 0 Å². The third-order valence-corrected chi connectivity index (χ3v) is 0.317. The minimum absolute atomic E-state index is 0. The predicted octanol–water partition coefficient (Wildman–Crippen LogP) is -0.482. The van der Waals surface area contributed by atoms with Crippen molar-refractivity contribution in [2.24, 2.45) is 0 Å². The molecule has 0 aliphatic heterocycles. The Kier molecular flexibility index (Phi) is 10.6. The van der Waals surface area contributed by atoms with Gasteiger partial charge in [-0.15, -0.1) is 0 Å². The van der Waals surface area contributed by atoms with E-state index in [4.69, 9.17) is 10.2 Å². The molecule has 0 saturated heterocycles. The molecule has 0 bridgehead atoms. The molecule has 2 N–H and O–H groups in total. The molecule has 0 atom stereocenters. The number of aliphatic hydroxyl groups excluding tert-OH is 1. The van der Waals surface area contributed by atoms with Gasteiger partial charge in [0.2, 0.25) is 0 Å². The van der Waals surface area contributed by atoms with Crippen molar-refractivity contribution < 1.29 is 22.6 Å². The van der Waals surface area contributed by atoms with E-state index in [1.165, 1.54) is 0 Å². The van der Waals surface area contributed by atoms with Crippen LogP contribution in [0.15, 0.2) is 0 Å². The summed E-state index contributed by atoms with van der Waals surface area (Å²) >= 11 is 0. The minimum Gasteiger partial charge on any atom is -1.00 e. The molecule has 4 nitrogen and oxygen atoms in total. The third kappa shape index (κ3) is 9.70. The van der Waals surface area contributed by atoms with Crippen LogP contribution in [0.2, 0.25) is 0 Å². The molecule has 0 saturated carbocycles. The molecule has 0 aliphatic carbocycles. The van der Waals surface area contributed by atoms with Crippen LogP contribution in [0.25, 0.3) is 0 Å². The maximum atomic E-state index is 9.42. The van der Waals surface area contributed by atoms with Crippen LogP contribution < -0.4 is 0 Å². The average molecular weight is 148 g/mol. The van der Waals surface area contributed by atoms with E-state index < -0.39 is 6.16 Å². The van der Waals surface area contributed by atoms with Crippen LogP contribution >= 0.6 is 0 Å². The summed E-state index contributed by atoms with van der Waals surface area (Å²) < 4.78 is 3.86. The topological polar surface area (TPSA) is 66.8 Å². The quantitative estimate of drug-likeness (QED) is 0.410. The number of aliphatic hydroxyl groups is 1. The smallest absolute Gasteiger partial charge is 1.00 e. The van der Waals surface area contributed by atoms with Gasteiger partial charge >= 0.3 is 43.9 Å². The fourth-order valence-corrected chi connectivity index (χ4v) is 0.133. The summed E-state index contributed by atoms with van der Waals surface area (Å²) in [7, 11) is 0. The van der Waals surface area contributed by atoms with Crippen molar-refractivity contribution in [1.82, 2.24) is 0 Å². The van der Waals surface area contributed by atoms with Gasteiger partial charge < -0.3 is 17.8 Å². The van der Waals surface area contributed by atoms with Crippen LogP contribution in [0.4, 0.5) is 4.79 Å². The molecule has 0 aromatic rings. The zero-order chi connectivity index (χ0) is 5.70. The number of carbonyl (C=O) groups is 1. The predicted molar refractivity (Wildman–Crippen MR) is 29.0 cm³/mol. The van der Waals surface area contributed by atoms with Crippen LogP contribution in [0.1, 0.15) is 2.85 Å². The van der Waals surface area contributed by atoms with E-state index >= 15 is 0 Å². The van der Waals surface area contributed by atoms with Crippen LogP contribution in [0, 0.1) is 0 Å². The molecule has 0 aliphatic rings. The van der Waals surface area contributed by atoms with E-state index in [-0.39, 0.29) is 53.8 Å². The first-order chi connectivity index (χ1) is 3.27. The van der Waals surface area contributed by atoms with Gasteiger partial charge in [0.15, 0.2) is 0 Å². The molecular weight excluding hydrogens is 140 g/mol. The number of rotatable bonds is 2. The summed E-state index contributed by atoms with van der Waals surface area (Å²) in [4.78, 5) is 9.42. The number of hydrogen-bond acceptors (Lipinski definition) is 3. The number of carboxylic acid groups (broad SMARTS) is 1. The van der Waals surface area contributed by atoms with Gasteiger partial charge in [-0.2, -0.15) is 0 Å². The van der Waals surface area contributed by atoms with Gasteiger partial charge in [0, 0.05) is 0 Å². The molecule has 0 unspecified atom stereocenters. The van der Waals surface area contributed by atoms with E-state index in [9.17, 15) is 4.79 Å². The Morgan fingerprint density at radius 3 is 2.38 bits per heavy atom.